The summed E-state index contributed by atoms with van der Waals surface area (Å²) in [5, 5.41) is 9.69. The number of likely N-dealkylation sites (tertiary alicyclic amines) is 1. The summed E-state index contributed by atoms with van der Waals surface area (Å²) in [6, 6.07) is 15.6. The van der Waals surface area contributed by atoms with Gasteiger partial charge in [0.1, 0.15) is 5.75 Å². The summed E-state index contributed by atoms with van der Waals surface area (Å²) in [6.07, 6.45) is 1.68. The third-order valence-electron chi connectivity index (χ3n) is 4.79. The van der Waals surface area contributed by atoms with Crippen LogP contribution in [-0.4, -0.2) is 40.8 Å². The van der Waals surface area contributed by atoms with Gasteiger partial charge in [0.15, 0.2) is 0 Å². The summed E-state index contributed by atoms with van der Waals surface area (Å²) in [7, 11) is 0. The zero-order chi connectivity index (χ0) is 19.9. The van der Waals surface area contributed by atoms with Gasteiger partial charge in [-0.15, -0.1) is 0 Å². The molecule has 1 aliphatic heterocycles. The molecule has 2 aromatic carbocycles. The molecule has 0 spiro atoms. The van der Waals surface area contributed by atoms with Crippen LogP contribution in [0.3, 0.4) is 0 Å². The Morgan fingerprint density at radius 2 is 1.71 bits per heavy atom. The number of hydrogen-bond acceptors (Lipinski definition) is 4. The molecule has 2 aromatic rings. The molecule has 7 heteroatoms. The van der Waals surface area contributed by atoms with Gasteiger partial charge in [0.05, 0.1) is 17.9 Å². The molecule has 1 atom stereocenters. The van der Waals surface area contributed by atoms with E-state index in [9.17, 15) is 19.5 Å². The molecule has 0 aliphatic carbocycles. The number of hydrogen-bond donors (Lipinski definition) is 3. The van der Waals surface area contributed by atoms with E-state index in [0.29, 0.717) is 25.9 Å². The van der Waals surface area contributed by atoms with Crippen LogP contribution in [0.4, 0.5) is 0 Å². The zero-order valence-corrected chi connectivity index (χ0v) is 15.4. The highest BCUT2D eigenvalue weighted by atomic mass is 16.3. The molecule has 7 nitrogen and oxygen atoms in total. The Morgan fingerprint density at radius 3 is 2.46 bits per heavy atom. The third kappa shape index (κ3) is 4.88. The minimum absolute atomic E-state index is 0.0121. The number of amides is 3. The number of piperidine rings is 1. The largest absolute Gasteiger partial charge is 0.507 e. The van der Waals surface area contributed by atoms with E-state index in [1.54, 1.807) is 17.0 Å². The fourth-order valence-corrected chi connectivity index (χ4v) is 3.25. The minimum Gasteiger partial charge on any atom is -0.507 e. The fraction of sp³-hybridized carbons (Fsp3) is 0.286. The molecule has 0 radical (unpaired) electrons. The lowest BCUT2D eigenvalue weighted by atomic mass is 9.97. The van der Waals surface area contributed by atoms with Gasteiger partial charge in [0.2, 0.25) is 11.8 Å². The van der Waals surface area contributed by atoms with Crippen molar-refractivity contribution in [1.82, 2.24) is 15.8 Å². The molecule has 0 aromatic heterocycles. The van der Waals surface area contributed by atoms with Crippen LogP contribution in [0.5, 0.6) is 5.75 Å². The van der Waals surface area contributed by atoms with Crippen molar-refractivity contribution < 1.29 is 19.5 Å². The van der Waals surface area contributed by atoms with Crippen molar-refractivity contribution in [3.63, 3.8) is 0 Å². The van der Waals surface area contributed by atoms with Gasteiger partial charge in [-0.2, -0.15) is 0 Å². The molecule has 3 rings (SSSR count). The highest BCUT2D eigenvalue weighted by Gasteiger charge is 2.28. The Kier molecular flexibility index (Phi) is 6.26. The van der Waals surface area contributed by atoms with E-state index in [1.807, 2.05) is 30.3 Å². The SMILES string of the molecule is O=C(NNC(=O)C1CCCN(C(=O)Cc2ccccc2)C1)c1ccccc1O. The van der Waals surface area contributed by atoms with Crippen LogP contribution >= 0.6 is 0 Å². The molecule has 1 saturated heterocycles. The van der Waals surface area contributed by atoms with Gasteiger partial charge < -0.3 is 10.0 Å². The van der Waals surface area contributed by atoms with Crippen LogP contribution in [0.2, 0.25) is 0 Å². The van der Waals surface area contributed by atoms with E-state index in [-0.39, 0.29) is 23.1 Å². The van der Waals surface area contributed by atoms with E-state index in [0.717, 1.165) is 12.0 Å². The van der Waals surface area contributed by atoms with E-state index in [2.05, 4.69) is 10.9 Å². The van der Waals surface area contributed by atoms with Gasteiger partial charge in [-0.3, -0.25) is 25.2 Å². The molecule has 28 heavy (non-hydrogen) atoms. The standard InChI is InChI=1S/C21H23N3O4/c25-18-11-5-4-10-17(18)21(28)23-22-20(27)16-9-6-12-24(14-16)19(26)13-15-7-2-1-3-8-15/h1-5,7-8,10-11,16,25H,6,9,12-14H2,(H,22,27)(H,23,28). The van der Waals surface area contributed by atoms with Crippen molar-refractivity contribution >= 4 is 17.7 Å². The van der Waals surface area contributed by atoms with Crippen LogP contribution in [0.1, 0.15) is 28.8 Å². The molecule has 1 aliphatic rings. The summed E-state index contributed by atoms with van der Waals surface area (Å²) in [6.45, 7) is 0.948. The smallest absolute Gasteiger partial charge is 0.273 e. The van der Waals surface area contributed by atoms with Gasteiger partial charge in [-0.1, -0.05) is 42.5 Å². The predicted octanol–water partition coefficient (Wildman–Crippen LogP) is 1.63. The van der Waals surface area contributed by atoms with E-state index >= 15 is 0 Å². The Bertz CT molecular complexity index is 854. The topological polar surface area (TPSA) is 98.7 Å². The number of phenolic OH excluding ortho intramolecular Hbond substituents is 1. The average Bonchev–Trinajstić information content (AvgIpc) is 2.73. The molecule has 146 valence electrons. The molecule has 0 bridgehead atoms. The first-order chi connectivity index (χ1) is 13.5. The summed E-state index contributed by atoms with van der Waals surface area (Å²) in [5.74, 6) is -1.51. The monoisotopic (exact) mass is 381 g/mol. The maximum atomic E-state index is 12.5. The Hall–Kier alpha value is -3.35. The maximum absolute atomic E-state index is 12.5. The highest BCUT2D eigenvalue weighted by Crippen LogP contribution is 2.18. The lowest BCUT2D eigenvalue weighted by molar-refractivity contribution is -0.135. The van der Waals surface area contributed by atoms with Gasteiger partial charge in [0, 0.05) is 13.1 Å². The second-order valence-corrected chi connectivity index (χ2v) is 6.80. The number of benzene rings is 2. The van der Waals surface area contributed by atoms with Crippen molar-refractivity contribution in [3.05, 3.63) is 65.7 Å². The molecule has 1 fully saturated rings. The highest BCUT2D eigenvalue weighted by molar-refractivity contribution is 5.97. The van der Waals surface area contributed by atoms with Crippen LogP contribution in [0, 0.1) is 5.92 Å². The number of carbonyl (C=O) groups is 3. The van der Waals surface area contributed by atoms with Gasteiger partial charge in [0.25, 0.3) is 5.91 Å². The number of carbonyl (C=O) groups excluding carboxylic acids is 3. The minimum atomic E-state index is -0.598. The second kappa shape index (κ2) is 9.03. The average molecular weight is 381 g/mol. The zero-order valence-electron chi connectivity index (χ0n) is 15.4. The number of nitrogens with zero attached hydrogens (tertiary/aromatic N) is 1. The number of rotatable bonds is 4. The van der Waals surface area contributed by atoms with Crippen LogP contribution in [0.15, 0.2) is 54.6 Å². The fourth-order valence-electron chi connectivity index (χ4n) is 3.25. The van der Waals surface area contributed by atoms with Crippen LogP contribution in [0.25, 0.3) is 0 Å². The van der Waals surface area contributed by atoms with E-state index < -0.39 is 11.8 Å². The molecular formula is C21H23N3O4. The van der Waals surface area contributed by atoms with Gasteiger partial charge in [-0.25, -0.2) is 0 Å². The molecular weight excluding hydrogens is 358 g/mol. The van der Waals surface area contributed by atoms with Crippen LogP contribution < -0.4 is 10.9 Å². The van der Waals surface area contributed by atoms with Crippen molar-refractivity contribution in [3.8, 4) is 5.75 Å². The predicted molar refractivity (Wildman–Crippen MR) is 103 cm³/mol. The lowest BCUT2D eigenvalue weighted by Crippen LogP contribution is -2.50. The van der Waals surface area contributed by atoms with E-state index in [4.69, 9.17) is 0 Å². The summed E-state index contributed by atoms with van der Waals surface area (Å²) < 4.78 is 0. The maximum Gasteiger partial charge on any atom is 0.273 e. The van der Waals surface area contributed by atoms with Crippen molar-refractivity contribution in [2.45, 2.75) is 19.3 Å². The van der Waals surface area contributed by atoms with Crippen molar-refractivity contribution in [2.75, 3.05) is 13.1 Å². The van der Waals surface area contributed by atoms with E-state index in [1.165, 1.54) is 12.1 Å². The molecule has 1 heterocycles. The first-order valence-corrected chi connectivity index (χ1v) is 9.24. The Morgan fingerprint density at radius 1 is 1.00 bits per heavy atom. The summed E-state index contributed by atoms with van der Waals surface area (Å²) >= 11 is 0. The van der Waals surface area contributed by atoms with Crippen LogP contribution in [-0.2, 0) is 16.0 Å². The number of nitrogens with one attached hydrogen (secondary N) is 2. The van der Waals surface area contributed by atoms with Gasteiger partial charge >= 0.3 is 0 Å². The number of hydrazine groups is 1. The van der Waals surface area contributed by atoms with Crippen molar-refractivity contribution in [2.24, 2.45) is 5.92 Å². The lowest BCUT2D eigenvalue weighted by Gasteiger charge is -2.32. The number of phenols is 1. The molecule has 0 saturated carbocycles. The molecule has 3 amide bonds. The molecule has 3 N–H and O–H groups in total. The first kappa shape index (κ1) is 19.4. The second-order valence-electron chi connectivity index (χ2n) is 6.80. The normalized spacial score (nSPS) is 16.3. The first-order valence-electron chi connectivity index (χ1n) is 9.24. The van der Waals surface area contributed by atoms with Gasteiger partial charge in [-0.05, 0) is 30.5 Å². The quantitative estimate of drug-likeness (QED) is 0.701. The molecule has 1 unspecified atom stereocenters. The van der Waals surface area contributed by atoms with Crippen molar-refractivity contribution in [1.29, 1.82) is 0 Å². The number of aromatic hydroxyl groups is 1. The summed E-state index contributed by atoms with van der Waals surface area (Å²) in [4.78, 5) is 38.7. The third-order valence-corrected chi connectivity index (χ3v) is 4.79. The summed E-state index contributed by atoms with van der Waals surface area (Å²) in [5.41, 5.74) is 5.73. The Labute approximate surface area is 163 Å². The Balaban J connectivity index is 1.52. The number of para-hydroxylation sites is 1.